The van der Waals surface area contributed by atoms with E-state index in [1.165, 1.54) is 3.57 Å². The third kappa shape index (κ3) is 3.84. The molecular weight excluding hydrogens is 291 g/mol. The third-order valence-corrected chi connectivity index (χ3v) is 2.39. The van der Waals surface area contributed by atoms with E-state index in [1.807, 2.05) is 19.1 Å². The topological polar surface area (TPSA) is 29.5 Å². The lowest BCUT2D eigenvalue weighted by atomic mass is 10.1. The molecule has 0 atom stereocenters. The van der Waals surface area contributed by atoms with E-state index in [2.05, 4.69) is 28.7 Å². The van der Waals surface area contributed by atoms with E-state index < -0.39 is 5.60 Å². The quantitative estimate of drug-likeness (QED) is 0.870. The van der Waals surface area contributed by atoms with Crippen molar-refractivity contribution in [1.29, 1.82) is 0 Å². The predicted molar refractivity (Wildman–Crippen MR) is 65.7 cm³/mol. The first-order valence-corrected chi connectivity index (χ1v) is 5.58. The Labute approximate surface area is 98.4 Å². The van der Waals surface area contributed by atoms with Gasteiger partial charge in [-0.25, -0.2) is 0 Å². The normalized spacial score (nSPS) is 11.5. The summed E-state index contributed by atoms with van der Waals surface area (Å²) in [6.07, 6.45) is 0. The number of rotatable bonds is 3. The molecule has 1 aromatic rings. The van der Waals surface area contributed by atoms with Gasteiger partial charge in [0.15, 0.2) is 0 Å². The number of halogens is 1. The van der Waals surface area contributed by atoms with Crippen molar-refractivity contribution in [2.75, 3.05) is 6.61 Å². The van der Waals surface area contributed by atoms with Crippen LogP contribution in [0.1, 0.15) is 19.4 Å². The minimum atomic E-state index is -0.782. The van der Waals surface area contributed by atoms with Gasteiger partial charge in [0.2, 0.25) is 0 Å². The molecule has 3 heteroatoms. The molecule has 0 heterocycles. The highest BCUT2D eigenvalue weighted by atomic mass is 127. The first-order chi connectivity index (χ1) is 6.38. The molecule has 0 aliphatic rings. The number of aryl methyl sites for hydroxylation is 1. The van der Waals surface area contributed by atoms with E-state index in [4.69, 9.17) is 4.74 Å². The minimum Gasteiger partial charge on any atom is -0.490 e. The number of hydrogen-bond acceptors (Lipinski definition) is 2. The monoisotopic (exact) mass is 306 g/mol. The van der Waals surface area contributed by atoms with Crippen LogP contribution in [0.5, 0.6) is 5.75 Å². The van der Waals surface area contributed by atoms with Crippen LogP contribution in [-0.4, -0.2) is 17.3 Å². The second-order valence-corrected chi connectivity index (χ2v) is 5.26. The van der Waals surface area contributed by atoms with Crippen LogP contribution in [0, 0.1) is 10.5 Å². The molecule has 2 nitrogen and oxygen atoms in total. The fourth-order valence-electron chi connectivity index (χ4n) is 1.03. The summed E-state index contributed by atoms with van der Waals surface area (Å²) >= 11 is 2.26. The Morgan fingerprint density at radius 3 is 2.57 bits per heavy atom. The molecule has 0 radical (unpaired) electrons. The molecule has 1 rings (SSSR count). The molecular formula is C11H15IO2. The van der Waals surface area contributed by atoms with Crippen LogP contribution < -0.4 is 4.74 Å². The van der Waals surface area contributed by atoms with Gasteiger partial charge in [-0.05, 0) is 67.1 Å². The summed E-state index contributed by atoms with van der Waals surface area (Å²) in [6, 6.07) is 5.98. The molecule has 0 bridgehead atoms. The average molecular weight is 306 g/mol. The molecule has 0 fully saturated rings. The maximum absolute atomic E-state index is 9.50. The maximum Gasteiger partial charge on any atom is 0.122 e. The lowest BCUT2D eigenvalue weighted by Crippen LogP contribution is -2.28. The Morgan fingerprint density at radius 2 is 2.07 bits per heavy atom. The first-order valence-electron chi connectivity index (χ1n) is 4.50. The van der Waals surface area contributed by atoms with Gasteiger partial charge in [-0.3, -0.25) is 0 Å². The maximum atomic E-state index is 9.50. The lowest BCUT2D eigenvalue weighted by Gasteiger charge is -2.18. The van der Waals surface area contributed by atoms with Crippen molar-refractivity contribution in [2.45, 2.75) is 26.4 Å². The smallest absolute Gasteiger partial charge is 0.122 e. The van der Waals surface area contributed by atoms with Crippen LogP contribution in [-0.2, 0) is 0 Å². The van der Waals surface area contributed by atoms with Crippen molar-refractivity contribution in [1.82, 2.24) is 0 Å². The van der Waals surface area contributed by atoms with Crippen molar-refractivity contribution in [3.05, 3.63) is 27.3 Å². The number of hydrogen-bond donors (Lipinski definition) is 1. The summed E-state index contributed by atoms with van der Waals surface area (Å²) in [6.45, 7) is 5.78. The Morgan fingerprint density at radius 1 is 1.43 bits per heavy atom. The van der Waals surface area contributed by atoms with Crippen LogP contribution in [0.3, 0.4) is 0 Å². The van der Waals surface area contributed by atoms with Crippen LogP contribution in [0.2, 0.25) is 0 Å². The summed E-state index contributed by atoms with van der Waals surface area (Å²) < 4.78 is 6.69. The van der Waals surface area contributed by atoms with E-state index >= 15 is 0 Å². The van der Waals surface area contributed by atoms with Gasteiger partial charge < -0.3 is 9.84 Å². The Hall–Kier alpha value is -0.290. The zero-order valence-electron chi connectivity index (χ0n) is 8.67. The van der Waals surface area contributed by atoms with Crippen LogP contribution in [0.4, 0.5) is 0 Å². The third-order valence-electron chi connectivity index (χ3n) is 1.72. The molecule has 0 aliphatic carbocycles. The van der Waals surface area contributed by atoms with Gasteiger partial charge >= 0.3 is 0 Å². The SMILES string of the molecule is Cc1cc(I)ccc1OCC(C)(C)O. The Bertz CT molecular complexity index is 316. The molecule has 0 aromatic heterocycles. The van der Waals surface area contributed by atoms with Gasteiger partial charge in [0, 0.05) is 3.57 Å². The highest BCUT2D eigenvalue weighted by molar-refractivity contribution is 14.1. The van der Waals surface area contributed by atoms with Gasteiger partial charge in [0.05, 0.1) is 5.60 Å². The van der Waals surface area contributed by atoms with Crippen LogP contribution in [0.15, 0.2) is 18.2 Å². The number of benzene rings is 1. The molecule has 0 aliphatic heterocycles. The molecule has 1 aromatic carbocycles. The fraction of sp³-hybridized carbons (Fsp3) is 0.455. The summed E-state index contributed by atoms with van der Waals surface area (Å²) in [7, 11) is 0. The molecule has 0 unspecified atom stereocenters. The van der Waals surface area contributed by atoms with E-state index in [1.54, 1.807) is 13.8 Å². The van der Waals surface area contributed by atoms with Crippen LogP contribution in [0.25, 0.3) is 0 Å². The van der Waals surface area contributed by atoms with E-state index in [9.17, 15) is 5.11 Å². The van der Waals surface area contributed by atoms with E-state index in [-0.39, 0.29) is 0 Å². The van der Waals surface area contributed by atoms with Crippen molar-refractivity contribution in [3.63, 3.8) is 0 Å². The second-order valence-electron chi connectivity index (χ2n) is 4.01. The predicted octanol–water partition coefficient (Wildman–Crippen LogP) is 2.75. The van der Waals surface area contributed by atoms with Gasteiger partial charge in [-0.1, -0.05) is 0 Å². The molecule has 0 saturated heterocycles. The average Bonchev–Trinajstić information content (AvgIpc) is 2.00. The van der Waals surface area contributed by atoms with Crippen molar-refractivity contribution >= 4 is 22.6 Å². The summed E-state index contributed by atoms with van der Waals surface area (Å²) in [5, 5.41) is 9.50. The minimum absolute atomic E-state index is 0.314. The van der Waals surface area contributed by atoms with Gasteiger partial charge in [-0.15, -0.1) is 0 Å². The molecule has 14 heavy (non-hydrogen) atoms. The zero-order valence-corrected chi connectivity index (χ0v) is 10.8. The van der Waals surface area contributed by atoms with Crippen molar-refractivity contribution in [2.24, 2.45) is 0 Å². The molecule has 0 spiro atoms. The summed E-state index contributed by atoms with van der Waals surface area (Å²) in [4.78, 5) is 0. The Balaban J connectivity index is 2.68. The van der Waals surface area contributed by atoms with Crippen molar-refractivity contribution < 1.29 is 9.84 Å². The van der Waals surface area contributed by atoms with Crippen LogP contribution >= 0.6 is 22.6 Å². The lowest BCUT2D eigenvalue weighted by molar-refractivity contribution is 0.0282. The second kappa shape index (κ2) is 4.49. The number of ether oxygens (including phenoxy) is 1. The summed E-state index contributed by atoms with van der Waals surface area (Å²) in [5.74, 6) is 0.840. The van der Waals surface area contributed by atoms with E-state index in [0.717, 1.165) is 11.3 Å². The standard InChI is InChI=1S/C11H15IO2/c1-8-6-9(12)4-5-10(8)14-7-11(2,3)13/h4-6,13H,7H2,1-3H3. The zero-order chi connectivity index (χ0) is 10.8. The Kier molecular flexibility index (Phi) is 3.78. The molecule has 1 N–H and O–H groups in total. The van der Waals surface area contributed by atoms with E-state index in [0.29, 0.717) is 6.61 Å². The largest absolute Gasteiger partial charge is 0.490 e. The highest BCUT2D eigenvalue weighted by Crippen LogP contribution is 2.21. The molecule has 0 amide bonds. The van der Waals surface area contributed by atoms with Crippen molar-refractivity contribution in [3.8, 4) is 5.75 Å². The molecule has 78 valence electrons. The van der Waals surface area contributed by atoms with Gasteiger partial charge in [0.25, 0.3) is 0 Å². The summed E-state index contributed by atoms with van der Waals surface area (Å²) in [5.41, 5.74) is 0.316. The first kappa shape index (κ1) is 11.8. The molecule has 0 saturated carbocycles. The van der Waals surface area contributed by atoms with Gasteiger partial charge in [0.1, 0.15) is 12.4 Å². The van der Waals surface area contributed by atoms with Gasteiger partial charge in [-0.2, -0.15) is 0 Å². The highest BCUT2D eigenvalue weighted by Gasteiger charge is 2.13. The fourth-order valence-corrected chi connectivity index (χ4v) is 1.68. The number of aliphatic hydroxyl groups is 1.